The SMILES string of the molecule is Clc1cc2c(s1)CCC2Nc1ccc(-n2cncn2)nc1. The van der Waals surface area contributed by atoms with Crippen molar-refractivity contribution in [2.75, 3.05) is 5.32 Å². The molecule has 1 aliphatic carbocycles. The summed E-state index contributed by atoms with van der Waals surface area (Å²) >= 11 is 7.77. The lowest BCUT2D eigenvalue weighted by Crippen LogP contribution is -2.07. The molecule has 0 radical (unpaired) electrons. The van der Waals surface area contributed by atoms with E-state index in [0.29, 0.717) is 6.04 Å². The van der Waals surface area contributed by atoms with Gasteiger partial charge in [0.05, 0.1) is 22.3 Å². The highest BCUT2D eigenvalue weighted by Crippen LogP contribution is 2.40. The average molecular weight is 318 g/mol. The van der Waals surface area contributed by atoms with Crippen molar-refractivity contribution in [2.45, 2.75) is 18.9 Å². The summed E-state index contributed by atoms with van der Waals surface area (Å²) in [6, 6.07) is 6.33. The van der Waals surface area contributed by atoms with Gasteiger partial charge in [-0.1, -0.05) is 11.6 Å². The maximum Gasteiger partial charge on any atom is 0.155 e. The number of pyridine rings is 1. The van der Waals surface area contributed by atoms with Crippen molar-refractivity contribution in [1.29, 1.82) is 0 Å². The molecule has 1 atom stereocenters. The molecule has 7 heteroatoms. The number of hydrogen-bond donors (Lipinski definition) is 1. The van der Waals surface area contributed by atoms with Crippen molar-refractivity contribution in [2.24, 2.45) is 0 Å². The summed E-state index contributed by atoms with van der Waals surface area (Å²) in [5.74, 6) is 0.753. The Labute approximate surface area is 130 Å². The van der Waals surface area contributed by atoms with Gasteiger partial charge in [-0.2, -0.15) is 5.10 Å². The first kappa shape index (κ1) is 12.8. The number of fused-ring (bicyclic) bond motifs is 1. The van der Waals surface area contributed by atoms with Gasteiger partial charge in [0.2, 0.25) is 0 Å². The molecule has 0 saturated carbocycles. The van der Waals surface area contributed by atoms with Crippen molar-refractivity contribution >= 4 is 28.6 Å². The third-order valence-corrected chi connectivity index (χ3v) is 4.93. The fourth-order valence-corrected chi connectivity index (χ4v) is 3.97. The highest BCUT2D eigenvalue weighted by molar-refractivity contribution is 7.16. The molecule has 0 fully saturated rings. The predicted molar refractivity (Wildman–Crippen MR) is 83.2 cm³/mol. The molecule has 1 unspecified atom stereocenters. The van der Waals surface area contributed by atoms with Gasteiger partial charge in [-0.25, -0.2) is 14.6 Å². The summed E-state index contributed by atoms with van der Waals surface area (Å²) in [6.07, 6.45) is 7.14. The van der Waals surface area contributed by atoms with Gasteiger partial charge in [-0.3, -0.25) is 0 Å². The van der Waals surface area contributed by atoms with Crippen LogP contribution in [-0.4, -0.2) is 19.7 Å². The molecule has 0 aliphatic heterocycles. The Hall–Kier alpha value is -1.92. The lowest BCUT2D eigenvalue weighted by Gasteiger charge is -2.14. The number of hydrogen-bond acceptors (Lipinski definition) is 5. The molecule has 3 heterocycles. The van der Waals surface area contributed by atoms with Gasteiger partial charge in [0, 0.05) is 4.88 Å². The van der Waals surface area contributed by atoms with Crippen LogP contribution in [0.2, 0.25) is 4.34 Å². The smallest absolute Gasteiger partial charge is 0.155 e. The summed E-state index contributed by atoms with van der Waals surface area (Å²) in [5.41, 5.74) is 2.32. The Morgan fingerprint density at radius 2 is 2.33 bits per heavy atom. The van der Waals surface area contributed by atoms with E-state index < -0.39 is 0 Å². The van der Waals surface area contributed by atoms with Crippen LogP contribution in [0.15, 0.2) is 37.1 Å². The van der Waals surface area contributed by atoms with Gasteiger partial charge < -0.3 is 5.32 Å². The van der Waals surface area contributed by atoms with Crippen molar-refractivity contribution in [3.63, 3.8) is 0 Å². The van der Waals surface area contributed by atoms with Crippen LogP contribution >= 0.6 is 22.9 Å². The number of anilines is 1. The second-order valence-corrected chi connectivity index (χ2v) is 6.68. The third kappa shape index (κ3) is 2.41. The van der Waals surface area contributed by atoms with Crippen LogP contribution in [0.3, 0.4) is 0 Å². The van der Waals surface area contributed by atoms with E-state index in [2.05, 4.69) is 26.4 Å². The van der Waals surface area contributed by atoms with E-state index >= 15 is 0 Å². The van der Waals surface area contributed by atoms with E-state index in [0.717, 1.165) is 28.7 Å². The molecule has 0 amide bonds. The molecule has 4 rings (SSSR count). The number of halogens is 1. The first-order chi connectivity index (χ1) is 10.3. The fourth-order valence-electron chi connectivity index (χ4n) is 2.61. The quantitative estimate of drug-likeness (QED) is 0.803. The number of thiophene rings is 1. The van der Waals surface area contributed by atoms with Gasteiger partial charge in [-0.15, -0.1) is 11.3 Å². The molecular weight excluding hydrogens is 306 g/mol. The summed E-state index contributed by atoms with van der Waals surface area (Å²) in [6.45, 7) is 0. The summed E-state index contributed by atoms with van der Waals surface area (Å²) in [7, 11) is 0. The first-order valence-electron chi connectivity index (χ1n) is 6.65. The van der Waals surface area contributed by atoms with E-state index in [-0.39, 0.29) is 0 Å². The minimum Gasteiger partial charge on any atom is -0.377 e. The molecule has 0 spiro atoms. The van der Waals surface area contributed by atoms with Crippen LogP contribution in [-0.2, 0) is 6.42 Å². The zero-order valence-corrected chi connectivity index (χ0v) is 12.6. The van der Waals surface area contributed by atoms with E-state index in [4.69, 9.17) is 11.6 Å². The Morgan fingerprint density at radius 1 is 1.38 bits per heavy atom. The second-order valence-electron chi connectivity index (χ2n) is 4.91. The van der Waals surface area contributed by atoms with Gasteiger partial charge in [-0.05, 0) is 36.6 Å². The molecule has 0 aromatic carbocycles. The van der Waals surface area contributed by atoms with Gasteiger partial charge in [0.15, 0.2) is 5.82 Å². The summed E-state index contributed by atoms with van der Waals surface area (Å²) in [5, 5.41) is 7.58. The molecule has 1 N–H and O–H groups in total. The van der Waals surface area contributed by atoms with Gasteiger partial charge in [0.25, 0.3) is 0 Å². The third-order valence-electron chi connectivity index (χ3n) is 3.59. The topological polar surface area (TPSA) is 55.6 Å². The first-order valence-corrected chi connectivity index (χ1v) is 7.85. The predicted octanol–water partition coefficient (Wildman–Crippen LogP) is 3.48. The molecule has 3 aromatic rings. The summed E-state index contributed by atoms with van der Waals surface area (Å²) in [4.78, 5) is 9.71. The van der Waals surface area contributed by atoms with Crippen molar-refractivity contribution in [3.05, 3.63) is 51.8 Å². The number of aryl methyl sites for hydroxylation is 1. The van der Waals surface area contributed by atoms with E-state index in [1.807, 2.05) is 18.3 Å². The highest BCUT2D eigenvalue weighted by Gasteiger charge is 2.24. The normalized spacial score (nSPS) is 16.9. The van der Waals surface area contributed by atoms with Crippen LogP contribution in [0.5, 0.6) is 0 Å². The van der Waals surface area contributed by atoms with Crippen LogP contribution in [0.1, 0.15) is 22.9 Å². The lowest BCUT2D eigenvalue weighted by atomic mass is 10.1. The summed E-state index contributed by atoms with van der Waals surface area (Å²) < 4.78 is 2.50. The van der Waals surface area contributed by atoms with Crippen molar-refractivity contribution in [3.8, 4) is 5.82 Å². The Kier molecular flexibility index (Phi) is 3.12. The monoisotopic (exact) mass is 317 g/mol. The minimum atomic E-state index is 0.322. The molecule has 106 valence electrons. The highest BCUT2D eigenvalue weighted by atomic mass is 35.5. The Morgan fingerprint density at radius 3 is 3.10 bits per heavy atom. The zero-order chi connectivity index (χ0) is 14.2. The molecule has 1 aliphatic rings. The lowest BCUT2D eigenvalue weighted by molar-refractivity contribution is 0.760. The molecular formula is C14H12ClN5S. The van der Waals surface area contributed by atoms with Crippen LogP contribution in [0, 0.1) is 0 Å². The largest absolute Gasteiger partial charge is 0.377 e. The minimum absolute atomic E-state index is 0.322. The van der Waals surface area contributed by atoms with E-state index in [1.54, 1.807) is 22.3 Å². The van der Waals surface area contributed by atoms with Crippen LogP contribution in [0.4, 0.5) is 5.69 Å². The number of aromatic nitrogens is 4. The second kappa shape index (κ2) is 5.13. The van der Waals surface area contributed by atoms with Crippen molar-refractivity contribution < 1.29 is 0 Å². The molecule has 3 aromatic heterocycles. The maximum absolute atomic E-state index is 6.09. The fraction of sp³-hybridized carbons (Fsp3) is 0.214. The zero-order valence-electron chi connectivity index (χ0n) is 11.0. The van der Waals surface area contributed by atoms with Crippen LogP contribution < -0.4 is 5.32 Å². The maximum atomic E-state index is 6.09. The van der Waals surface area contributed by atoms with Crippen LogP contribution in [0.25, 0.3) is 5.82 Å². The molecule has 0 bridgehead atoms. The van der Waals surface area contributed by atoms with E-state index in [9.17, 15) is 0 Å². The Balaban J connectivity index is 1.53. The molecule has 21 heavy (non-hydrogen) atoms. The van der Waals surface area contributed by atoms with Gasteiger partial charge in [0.1, 0.15) is 12.7 Å². The molecule has 5 nitrogen and oxygen atoms in total. The van der Waals surface area contributed by atoms with Crippen molar-refractivity contribution in [1.82, 2.24) is 19.7 Å². The average Bonchev–Trinajstić information content (AvgIpc) is 3.19. The molecule has 0 saturated heterocycles. The number of nitrogens with one attached hydrogen (secondary N) is 1. The van der Waals surface area contributed by atoms with E-state index in [1.165, 1.54) is 16.8 Å². The number of nitrogens with zero attached hydrogens (tertiary/aromatic N) is 4. The standard InChI is InChI=1S/C14H12ClN5S/c15-13-5-10-11(2-3-12(10)21-13)19-9-1-4-14(17-6-9)20-8-16-7-18-20/h1,4-8,11,19H,2-3H2. The number of rotatable bonds is 3. The Bertz CT molecular complexity index is 750. The van der Waals surface area contributed by atoms with Gasteiger partial charge >= 0.3 is 0 Å².